The summed E-state index contributed by atoms with van der Waals surface area (Å²) in [6, 6.07) is 10.7. The maximum atomic E-state index is 13.5. The molecule has 1 unspecified atom stereocenters. The molecule has 2 aromatic carbocycles. The van der Waals surface area contributed by atoms with E-state index in [9.17, 15) is 9.50 Å². The number of hydrogen-bond acceptors (Lipinski definition) is 1. The van der Waals surface area contributed by atoms with Crippen LogP contribution in [0, 0.1) is 26.6 Å². The summed E-state index contributed by atoms with van der Waals surface area (Å²) >= 11 is 0. The summed E-state index contributed by atoms with van der Waals surface area (Å²) in [5.74, 6) is -0.281. The number of rotatable bonds is 2. The van der Waals surface area contributed by atoms with E-state index in [0.717, 1.165) is 16.7 Å². The topological polar surface area (TPSA) is 20.2 Å². The minimum absolute atomic E-state index is 0.281. The lowest BCUT2D eigenvalue weighted by molar-refractivity contribution is 0.219. The van der Waals surface area contributed by atoms with Crippen LogP contribution < -0.4 is 0 Å². The van der Waals surface area contributed by atoms with Crippen LogP contribution in [-0.4, -0.2) is 5.11 Å². The second-order valence-electron chi connectivity index (χ2n) is 4.77. The lowest BCUT2D eigenvalue weighted by atomic mass is 9.95. The molecular formula is C16H17FO. The summed E-state index contributed by atoms with van der Waals surface area (Å²) in [5, 5.41) is 10.3. The van der Waals surface area contributed by atoms with Gasteiger partial charge in [0.05, 0.1) is 0 Å². The summed E-state index contributed by atoms with van der Waals surface area (Å²) in [4.78, 5) is 0. The lowest BCUT2D eigenvalue weighted by Gasteiger charge is -2.15. The quantitative estimate of drug-likeness (QED) is 0.851. The van der Waals surface area contributed by atoms with Gasteiger partial charge in [0.2, 0.25) is 0 Å². The fourth-order valence-electron chi connectivity index (χ4n) is 2.09. The Hall–Kier alpha value is -1.67. The number of aliphatic hydroxyl groups excluding tert-OH is 1. The molecule has 2 rings (SSSR count). The van der Waals surface area contributed by atoms with E-state index in [4.69, 9.17) is 0 Å². The number of hydrogen-bond donors (Lipinski definition) is 1. The average Bonchev–Trinajstić information content (AvgIpc) is 2.32. The minimum atomic E-state index is -0.777. The Bertz CT molecular complexity index is 575. The molecule has 0 bridgehead atoms. The van der Waals surface area contributed by atoms with Gasteiger partial charge in [-0.25, -0.2) is 4.39 Å². The van der Waals surface area contributed by atoms with E-state index in [-0.39, 0.29) is 5.82 Å². The van der Waals surface area contributed by atoms with Gasteiger partial charge in [0.1, 0.15) is 11.9 Å². The molecule has 0 aliphatic rings. The van der Waals surface area contributed by atoms with Crippen molar-refractivity contribution in [3.05, 3.63) is 70.0 Å². The molecule has 0 fully saturated rings. The Morgan fingerprint density at radius 1 is 0.944 bits per heavy atom. The highest BCUT2D eigenvalue weighted by Gasteiger charge is 2.14. The number of aryl methyl sites for hydroxylation is 3. The Balaban J connectivity index is 2.41. The highest BCUT2D eigenvalue weighted by atomic mass is 19.1. The molecule has 0 aliphatic heterocycles. The molecule has 1 atom stereocenters. The van der Waals surface area contributed by atoms with Crippen LogP contribution in [0.5, 0.6) is 0 Å². The second-order valence-corrected chi connectivity index (χ2v) is 4.77. The van der Waals surface area contributed by atoms with E-state index in [1.165, 1.54) is 6.07 Å². The molecule has 0 heterocycles. The van der Waals surface area contributed by atoms with Crippen molar-refractivity contribution < 1.29 is 9.50 Å². The van der Waals surface area contributed by atoms with Crippen molar-refractivity contribution in [2.45, 2.75) is 26.9 Å². The van der Waals surface area contributed by atoms with Crippen LogP contribution in [0.1, 0.15) is 33.9 Å². The fraction of sp³-hybridized carbons (Fsp3) is 0.250. The zero-order chi connectivity index (χ0) is 13.3. The first-order valence-electron chi connectivity index (χ1n) is 6.00. The molecule has 0 saturated heterocycles. The summed E-state index contributed by atoms with van der Waals surface area (Å²) < 4.78 is 13.5. The van der Waals surface area contributed by atoms with Crippen molar-refractivity contribution in [3.63, 3.8) is 0 Å². The predicted octanol–water partition coefficient (Wildman–Crippen LogP) is 3.83. The van der Waals surface area contributed by atoms with Gasteiger partial charge >= 0.3 is 0 Å². The lowest BCUT2D eigenvalue weighted by Crippen LogP contribution is -2.03. The SMILES string of the molecule is Cc1ccc(C(O)c2ccc(C)c(F)c2)c(C)c1. The molecule has 0 radical (unpaired) electrons. The average molecular weight is 244 g/mol. The summed E-state index contributed by atoms with van der Waals surface area (Å²) in [7, 11) is 0. The first-order valence-corrected chi connectivity index (χ1v) is 6.00. The Morgan fingerprint density at radius 3 is 2.28 bits per heavy atom. The molecule has 0 spiro atoms. The molecule has 0 aliphatic carbocycles. The van der Waals surface area contributed by atoms with Crippen LogP contribution in [0.2, 0.25) is 0 Å². The second kappa shape index (κ2) is 4.91. The zero-order valence-corrected chi connectivity index (χ0v) is 10.9. The highest BCUT2D eigenvalue weighted by molar-refractivity contribution is 5.38. The first-order chi connectivity index (χ1) is 8.49. The van der Waals surface area contributed by atoms with Gasteiger partial charge < -0.3 is 5.11 Å². The van der Waals surface area contributed by atoms with Crippen molar-refractivity contribution in [2.75, 3.05) is 0 Å². The molecule has 1 nitrogen and oxygen atoms in total. The van der Waals surface area contributed by atoms with E-state index in [1.807, 2.05) is 32.0 Å². The van der Waals surface area contributed by atoms with Gasteiger partial charge in [0.25, 0.3) is 0 Å². The summed E-state index contributed by atoms with van der Waals surface area (Å²) in [6.07, 6.45) is -0.777. The van der Waals surface area contributed by atoms with Gasteiger partial charge in [0.15, 0.2) is 0 Å². The van der Waals surface area contributed by atoms with E-state index in [2.05, 4.69) is 0 Å². The molecule has 0 amide bonds. The van der Waals surface area contributed by atoms with Crippen molar-refractivity contribution in [2.24, 2.45) is 0 Å². The van der Waals surface area contributed by atoms with E-state index in [1.54, 1.807) is 19.1 Å². The smallest absolute Gasteiger partial charge is 0.126 e. The molecule has 0 aromatic heterocycles. The van der Waals surface area contributed by atoms with Gasteiger partial charge in [-0.3, -0.25) is 0 Å². The van der Waals surface area contributed by atoms with Gasteiger partial charge in [-0.05, 0) is 49.1 Å². The van der Waals surface area contributed by atoms with Crippen molar-refractivity contribution >= 4 is 0 Å². The predicted molar refractivity (Wildman–Crippen MR) is 71.1 cm³/mol. The first kappa shape index (κ1) is 12.8. The maximum absolute atomic E-state index is 13.5. The molecular weight excluding hydrogens is 227 g/mol. The van der Waals surface area contributed by atoms with Crippen LogP contribution in [-0.2, 0) is 0 Å². The largest absolute Gasteiger partial charge is 0.384 e. The van der Waals surface area contributed by atoms with Gasteiger partial charge in [-0.2, -0.15) is 0 Å². The van der Waals surface area contributed by atoms with E-state index in [0.29, 0.717) is 11.1 Å². The van der Waals surface area contributed by atoms with Crippen LogP contribution in [0.4, 0.5) is 4.39 Å². The normalized spacial score (nSPS) is 12.5. The Kier molecular flexibility index (Phi) is 3.48. The van der Waals surface area contributed by atoms with Crippen LogP contribution in [0.15, 0.2) is 36.4 Å². The maximum Gasteiger partial charge on any atom is 0.126 e. The van der Waals surface area contributed by atoms with Crippen molar-refractivity contribution in [1.82, 2.24) is 0 Å². The third-order valence-electron chi connectivity index (χ3n) is 3.23. The molecule has 2 aromatic rings. The number of aliphatic hydroxyl groups is 1. The zero-order valence-electron chi connectivity index (χ0n) is 10.9. The molecule has 94 valence electrons. The Morgan fingerprint density at radius 2 is 1.67 bits per heavy atom. The van der Waals surface area contributed by atoms with Gasteiger partial charge in [-0.15, -0.1) is 0 Å². The highest BCUT2D eigenvalue weighted by Crippen LogP contribution is 2.26. The molecule has 0 saturated carbocycles. The molecule has 18 heavy (non-hydrogen) atoms. The van der Waals surface area contributed by atoms with Crippen LogP contribution in [0.3, 0.4) is 0 Å². The van der Waals surface area contributed by atoms with Crippen LogP contribution in [0.25, 0.3) is 0 Å². The molecule has 2 heteroatoms. The van der Waals surface area contributed by atoms with E-state index < -0.39 is 6.10 Å². The van der Waals surface area contributed by atoms with E-state index >= 15 is 0 Å². The van der Waals surface area contributed by atoms with Crippen molar-refractivity contribution in [1.29, 1.82) is 0 Å². The van der Waals surface area contributed by atoms with Crippen molar-refractivity contribution in [3.8, 4) is 0 Å². The van der Waals surface area contributed by atoms with Gasteiger partial charge in [0, 0.05) is 0 Å². The van der Waals surface area contributed by atoms with Gasteiger partial charge in [-0.1, -0.05) is 35.9 Å². The third-order valence-corrected chi connectivity index (χ3v) is 3.23. The summed E-state index contributed by atoms with van der Waals surface area (Å²) in [6.45, 7) is 5.67. The number of halogens is 1. The third kappa shape index (κ3) is 2.44. The standard InChI is InChI=1S/C16H17FO/c1-10-4-7-14(12(3)8-10)16(18)13-6-5-11(2)15(17)9-13/h4-9,16,18H,1-3H3. The Labute approximate surface area is 107 Å². The monoisotopic (exact) mass is 244 g/mol. The molecule has 1 N–H and O–H groups in total. The minimum Gasteiger partial charge on any atom is -0.384 e. The number of benzene rings is 2. The summed E-state index contributed by atoms with van der Waals surface area (Å²) in [5.41, 5.74) is 4.17. The van der Waals surface area contributed by atoms with Crippen LogP contribution >= 0.6 is 0 Å². The fourth-order valence-corrected chi connectivity index (χ4v) is 2.09.